The Kier molecular flexibility index (Phi) is 9.41. The Bertz CT molecular complexity index is 1130. The number of nitrogens with zero attached hydrogens (tertiary/aromatic N) is 4. The number of halogens is 3. The highest BCUT2D eigenvalue weighted by Gasteiger charge is 2.30. The third-order valence-corrected chi connectivity index (χ3v) is 5.60. The monoisotopic (exact) mass is 473 g/mol. The van der Waals surface area contributed by atoms with Gasteiger partial charge in [0.05, 0.1) is 12.2 Å². The predicted molar refractivity (Wildman–Crippen MR) is 135 cm³/mol. The normalized spacial score (nSPS) is 14.9. The van der Waals surface area contributed by atoms with Gasteiger partial charge in [-0.3, -0.25) is 9.39 Å². The van der Waals surface area contributed by atoms with E-state index >= 15 is 0 Å². The summed E-state index contributed by atoms with van der Waals surface area (Å²) in [6, 6.07) is 0. The number of hydrogen-bond donors (Lipinski definition) is 1. The lowest BCUT2D eigenvalue weighted by Crippen LogP contribution is -2.11. The van der Waals surface area contributed by atoms with Gasteiger partial charge in [0.15, 0.2) is 0 Å². The smallest absolute Gasteiger partial charge is 0.382 e. The van der Waals surface area contributed by atoms with E-state index in [1.165, 1.54) is 0 Å². The number of aromatic nitrogens is 3. The molecule has 0 aliphatic heterocycles. The molecule has 2 N–H and O–H groups in total. The second-order valence-corrected chi connectivity index (χ2v) is 8.25. The number of allylic oxidation sites excluding steroid dienone is 5. The summed E-state index contributed by atoms with van der Waals surface area (Å²) in [5.41, 5.74) is 8.81. The highest BCUT2D eigenvalue weighted by atomic mass is 19.4. The van der Waals surface area contributed by atoms with Gasteiger partial charge in [-0.2, -0.15) is 13.2 Å². The molecule has 0 spiro atoms. The van der Waals surface area contributed by atoms with Gasteiger partial charge in [-0.1, -0.05) is 52.0 Å². The van der Waals surface area contributed by atoms with E-state index in [1.807, 2.05) is 35.7 Å². The zero-order valence-corrected chi connectivity index (χ0v) is 20.6. The first-order chi connectivity index (χ1) is 16.0. The van der Waals surface area contributed by atoms with Crippen LogP contribution in [0.4, 0.5) is 19.0 Å². The van der Waals surface area contributed by atoms with Crippen LogP contribution >= 0.6 is 0 Å². The number of aliphatic imine (C=N–C) groups is 1. The molecule has 0 aliphatic rings. The van der Waals surface area contributed by atoms with Crippen LogP contribution in [0.5, 0.6) is 0 Å². The van der Waals surface area contributed by atoms with Gasteiger partial charge in [0.2, 0.25) is 0 Å². The minimum atomic E-state index is -4.35. The second kappa shape index (κ2) is 11.8. The third-order valence-electron chi connectivity index (χ3n) is 5.60. The number of rotatable bonds is 10. The molecule has 34 heavy (non-hydrogen) atoms. The highest BCUT2D eigenvalue weighted by molar-refractivity contribution is 5.95. The second-order valence-electron chi connectivity index (χ2n) is 8.25. The van der Waals surface area contributed by atoms with Gasteiger partial charge in [-0.25, -0.2) is 9.97 Å². The van der Waals surface area contributed by atoms with Crippen molar-refractivity contribution < 1.29 is 13.2 Å². The molecule has 1 unspecified atom stereocenters. The molecule has 0 saturated heterocycles. The highest BCUT2D eigenvalue weighted by Crippen LogP contribution is 2.29. The average Bonchev–Trinajstić information content (AvgIpc) is 3.18. The van der Waals surface area contributed by atoms with Crippen LogP contribution in [0.2, 0.25) is 0 Å². The van der Waals surface area contributed by atoms with Gasteiger partial charge in [-0.05, 0) is 43.9 Å². The quantitative estimate of drug-likeness (QED) is 0.296. The molecule has 0 radical (unpaired) electrons. The van der Waals surface area contributed by atoms with Crippen LogP contribution in [0.1, 0.15) is 71.3 Å². The van der Waals surface area contributed by atoms with Crippen molar-refractivity contribution in [2.45, 2.75) is 66.0 Å². The van der Waals surface area contributed by atoms with Crippen molar-refractivity contribution in [1.29, 1.82) is 0 Å². The number of imidazole rings is 1. The zero-order chi connectivity index (χ0) is 25.5. The average molecular weight is 474 g/mol. The summed E-state index contributed by atoms with van der Waals surface area (Å²) >= 11 is 0. The summed E-state index contributed by atoms with van der Waals surface area (Å²) in [6.45, 7) is 13.4. The first-order valence-corrected chi connectivity index (χ1v) is 11.5. The molecule has 2 aromatic heterocycles. The minimum absolute atomic E-state index is 0.242. The lowest BCUT2D eigenvalue weighted by molar-refractivity contribution is -0.0912. The number of alkyl halides is 3. The topological polar surface area (TPSA) is 68.6 Å². The van der Waals surface area contributed by atoms with Crippen molar-refractivity contribution in [1.82, 2.24) is 14.4 Å². The van der Waals surface area contributed by atoms with Crippen LogP contribution in [-0.2, 0) is 0 Å². The third kappa shape index (κ3) is 6.68. The Balaban J connectivity index is 2.30. The van der Waals surface area contributed by atoms with Crippen molar-refractivity contribution in [3.63, 3.8) is 0 Å². The molecule has 0 aromatic carbocycles. The Morgan fingerprint density at radius 2 is 2.00 bits per heavy atom. The SMILES string of the molecule is C=C(C=CC(=CC)CN=C(/C=C(\C)C(F)(F)F)CC)c1nc(C(C)CCC)n2ccnc(N)c12. The molecule has 2 heterocycles. The number of fused-ring (bicyclic) bond motifs is 1. The Morgan fingerprint density at radius 1 is 1.29 bits per heavy atom. The van der Waals surface area contributed by atoms with E-state index in [0.717, 1.165) is 42.8 Å². The van der Waals surface area contributed by atoms with Crippen LogP contribution in [0.15, 0.2) is 59.4 Å². The molecule has 1 atom stereocenters. The van der Waals surface area contributed by atoms with E-state index < -0.39 is 11.7 Å². The molecule has 0 fully saturated rings. The lowest BCUT2D eigenvalue weighted by Gasteiger charge is -2.08. The van der Waals surface area contributed by atoms with Crippen molar-refractivity contribution in [3.8, 4) is 0 Å². The predicted octanol–water partition coefficient (Wildman–Crippen LogP) is 7.09. The first kappa shape index (κ1) is 27.1. The molecule has 8 heteroatoms. The summed E-state index contributed by atoms with van der Waals surface area (Å²) in [5.74, 6) is 1.53. The zero-order valence-electron chi connectivity index (χ0n) is 20.6. The van der Waals surface area contributed by atoms with Crippen molar-refractivity contribution in [2.24, 2.45) is 4.99 Å². The molecule has 0 aliphatic carbocycles. The van der Waals surface area contributed by atoms with Crippen molar-refractivity contribution in [3.05, 3.63) is 65.9 Å². The number of hydrogen-bond acceptors (Lipinski definition) is 4. The Labute approximate surface area is 199 Å². The fraction of sp³-hybridized carbons (Fsp3) is 0.423. The summed E-state index contributed by atoms with van der Waals surface area (Å²) < 4.78 is 40.5. The van der Waals surface area contributed by atoms with Crippen LogP contribution in [0.3, 0.4) is 0 Å². The van der Waals surface area contributed by atoms with Gasteiger partial charge < -0.3 is 5.73 Å². The largest absolute Gasteiger partial charge is 0.412 e. The standard InChI is InChI=1S/C26H34F3N5/c1-7-10-18(5)25-33-22(23-24(30)31-13-14-34(23)25)17(4)11-12-20(8-2)16-32-21(9-3)15-19(6)26(27,28)29/h8,11-15,18H,4,7,9-10,16H2,1-3,5-6H3,(H2,30,31)/b12-11?,19-15+,20-8?,32-21?. The molecule has 0 saturated carbocycles. The van der Waals surface area contributed by atoms with Crippen molar-refractivity contribution in [2.75, 3.05) is 12.3 Å². The van der Waals surface area contributed by atoms with Gasteiger partial charge >= 0.3 is 6.18 Å². The summed E-state index contributed by atoms with van der Waals surface area (Å²) in [7, 11) is 0. The van der Waals surface area contributed by atoms with Gasteiger partial charge in [0, 0.05) is 29.6 Å². The number of nitrogens with two attached hydrogens (primary N) is 1. The van der Waals surface area contributed by atoms with E-state index in [4.69, 9.17) is 10.7 Å². The minimum Gasteiger partial charge on any atom is -0.382 e. The van der Waals surface area contributed by atoms with Crippen LogP contribution in [-0.4, -0.2) is 32.8 Å². The molecule has 2 rings (SSSR count). The molecular formula is C26H34F3N5. The van der Waals surface area contributed by atoms with E-state index in [9.17, 15) is 13.2 Å². The van der Waals surface area contributed by atoms with Crippen LogP contribution < -0.4 is 5.73 Å². The Hall–Kier alpha value is -3.16. The molecule has 0 amide bonds. The maximum Gasteiger partial charge on any atom is 0.412 e. The van der Waals surface area contributed by atoms with E-state index in [0.29, 0.717) is 29.2 Å². The molecule has 184 valence electrons. The molecular weight excluding hydrogens is 439 g/mol. The number of nitrogen functional groups attached to an aromatic ring is 1. The summed E-state index contributed by atoms with van der Waals surface area (Å²) in [6.07, 6.45) is 8.25. The van der Waals surface area contributed by atoms with Crippen LogP contribution in [0.25, 0.3) is 11.1 Å². The molecule has 0 bridgehead atoms. The first-order valence-electron chi connectivity index (χ1n) is 11.5. The van der Waals surface area contributed by atoms with E-state index in [1.54, 1.807) is 13.1 Å². The van der Waals surface area contributed by atoms with Gasteiger partial charge in [0.25, 0.3) is 0 Å². The summed E-state index contributed by atoms with van der Waals surface area (Å²) in [4.78, 5) is 13.4. The number of anilines is 1. The lowest BCUT2D eigenvalue weighted by atomic mass is 10.1. The van der Waals surface area contributed by atoms with Gasteiger partial charge in [0.1, 0.15) is 17.2 Å². The molecule has 2 aromatic rings. The van der Waals surface area contributed by atoms with Crippen LogP contribution in [0, 0.1) is 0 Å². The maximum absolute atomic E-state index is 12.8. The Morgan fingerprint density at radius 3 is 2.59 bits per heavy atom. The van der Waals surface area contributed by atoms with E-state index in [-0.39, 0.29) is 12.5 Å². The van der Waals surface area contributed by atoms with Gasteiger partial charge in [-0.15, -0.1) is 0 Å². The van der Waals surface area contributed by atoms with Crippen molar-refractivity contribution >= 4 is 22.6 Å². The fourth-order valence-electron chi connectivity index (χ4n) is 3.53. The maximum atomic E-state index is 12.8. The molecule has 5 nitrogen and oxygen atoms in total. The fourth-order valence-corrected chi connectivity index (χ4v) is 3.53. The summed E-state index contributed by atoms with van der Waals surface area (Å²) in [5, 5.41) is 0. The van der Waals surface area contributed by atoms with E-state index in [2.05, 4.69) is 30.4 Å².